The van der Waals surface area contributed by atoms with Crippen LogP contribution in [0.1, 0.15) is 5.56 Å². The van der Waals surface area contributed by atoms with Crippen LogP contribution in [0.15, 0.2) is 6.20 Å². The van der Waals surface area contributed by atoms with Gasteiger partial charge in [0.2, 0.25) is 5.88 Å². The molecule has 0 amide bonds. The molecule has 0 aliphatic carbocycles. The van der Waals surface area contributed by atoms with Gasteiger partial charge in [0.1, 0.15) is 13.6 Å². The fourth-order valence-corrected chi connectivity index (χ4v) is 1.46. The molecule has 0 unspecified atom stereocenters. The highest BCUT2D eigenvalue weighted by Gasteiger charge is 2.09. The lowest BCUT2D eigenvalue weighted by Gasteiger charge is -2.05. The molecule has 1 heterocycles. The minimum absolute atomic E-state index is 0.287. The summed E-state index contributed by atoms with van der Waals surface area (Å²) in [5.74, 6) is 3.52. The Morgan fingerprint density at radius 2 is 1.88 bits per heavy atom. The molecule has 5 heteroatoms. The second-order valence-electron chi connectivity index (χ2n) is 4.28. The zero-order valence-corrected chi connectivity index (χ0v) is 11.3. The molecule has 0 saturated heterocycles. The van der Waals surface area contributed by atoms with Crippen molar-refractivity contribution in [2.75, 3.05) is 14.2 Å². The van der Waals surface area contributed by atoms with Gasteiger partial charge in [-0.1, -0.05) is 25.6 Å². The van der Waals surface area contributed by atoms with Gasteiger partial charge >= 0.3 is 6.01 Å². The molecule has 1 aromatic heterocycles. The summed E-state index contributed by atoms with van der Waals surface area (Å²) in [6, 6.07) is 0.287. The maximum atomic E-state index is 5.13. The quantitative estimate of drug-likeness (QED) is 0.579. The summed E-state index contributed by atoms with van der Waals surface area (Å²) in [6.07, 6.45) is 1.62. The largest absolute Gasteiger partial charge is 0.480 e. The molecule has 86 valence electrons. The van der Waals surface area contributed by atoms with Gasteiger partial charge in [-0.3, -0.25) is 0 Å². The van der Waals surface area contributed by atoms with Crippen LogP contribution in [0.2, 0.25) is 19.6 Å². The standard InChI is InChI=1S/C11H16N2O2Si/c1-14-10-9(6-7-16(3,4)5)8-12-11(13-10)15-2/h8H,1-5H3. The highest BCUT2D eigenvalue weighted by atomic mass is 28.3. The molecule has 0 fully saturated rings. The van der Waals surface area contributed by atoms with Crippen LogP contribution in [0.25, 0.3) is 0 Å². The Morgan fingerprint density at radius 3 is 2.38 bits per heavy atom. The number of ether oxygens (including phenoxy) is 2. The monoisotopic (exact) mass is 236 g/mol. The molecule has 0 aliphatic rings. The minimum Gasteiger partial charge on any atom is -0.480 e. The van der Waals surface area contributed by atoms with Crippen molar-refractivity contribution in [2.24, 2.45) is 0 Å². The predicted molar refractivity (Wildman–Crippen MR) is 65.4 cm³/mol. The van der Waals surface area contributed by atoms with Gasteiger partial charge in [-0.15, -0.1) is 5.54 Å². The van der Waals surface area contributed by atoms with Gasteiger partial charge < -0.3 is 9.47 Å². The molecule has 0 aromatic carbocycles. The number of methoxy groups -OCH3 is 2. The van der Waals surface area contributed by atoms with Gasteiger partial charge in [0.25, 0.3) is 0 Å². The highest BCUT2D eigenvalue weighted by molar-refractivity contribution is 6.83. The molecule has 0 N–H and O–H groups in total. The minimum atomic E-state index is -1.40. The fraction of sp³-hybridized carbons (Fsp3) is 0.455. The Balaban J connectivity index is 3.08. The van der Waals surface area contributed by atoms with Crippen molar-refractivity contribution in [3.05, 3.63) is 11.8 Å². The van der Waals surface area contributed by atoms with E-state index in [9.17, 15) is 0 Å². The van der Waals surface area contributed by atoms with E-state index >= 15 is 0 Å². The average Bonchev–Trinajstić information content (AvgIpc) is 2.25. The summed E-state index contributed by atoms with van der Waals surface area (Å²) in [6.45, 7) is 6.53. The molecule has 16 heavy (non-hydrogen) atoms. The first-order valence-electron chi connectivity index (χ1n) is 4.94. The van der Waals surface area contributed by atoms with Crippen molar-refractivity contribution in [3.63, 3.8) is 0 Å². The lowest BCUT2D eigenvalue weighted by molar-refractivity contribution is 0.351. The van der Waals surface area contributed by atoms with Crippen molar-refractivity contribution in [2.45, 2.75) is 19.6 Å². The van der Waals surface area contributed by atoms with Crippen molar-refractivity contribution < 1.29 is 9.47 Å². The normalized spacial score (nSPS) is 10.3. The molecular formula is C11H16N2O2Si. The topological polar surface area (TPSA) is 44.2 Å². The predicted octanol–water partition coefficient (Wildman–Crippen LogP) is 1.72. The lowest BCUT2D eigenvalue weighted by atomic mass is 10.3. The van der Waals surface area contributed by atoms with Crippen LogP contribution in [-0.4, -0.2) is 32.3 Å². The second-order valence-corrected chi connectivity index (χ2v) is 9.03. The van der Waals surface area contributed by atoms with Crippen LogP contribution in [0.4, 0.5) is 0 Å². The van der Waals surface area contributed by atoms with Crippen molar-refractivity contribution in [1.29, 1.82) is 0 Å². The van der Waals surface area contributed by atoms with E-state index in [1.54, 1.807) is 13.3 Å². The summed E-state index contributed by atoms with van der Waals surface area (Å²) >= 11 is 0. The van der Waals surface area contributed by atoms with Crippen LogP contribution >= 0.6 is 0 Å². The van der Waals surface area contributed by atoms with Crippen molar-refractivity contribution >= 4 is 8.07 Å². The lowest BCUT2D eigenvalue weighted by Crippen LogP contribution is -2.16. The van der Waals surface area contributed by atoms with Gasteiger partial charge in [-0.2, -0.15) is 4.98 Å². The number of aromatic nitrogens is 2. The van der Waals surface area contributed by atoms with Crippen molar-refractivity contribution in [1.82, 2.24) is 9.97 Å². The van der Waals surface area contributed by atoms with E-state index in [4.69, 9.17) is 9.47 Å². The van der Waals surface area contributed by atoms with Gasteiger partial charge in [-0.05, 0) is 0 Å². The second kappa shape index (κ2) is 4.99. The van der Waals surface area contributed by atoms with Gasteiger partial charge in [-0.25, -0.2) is 4.98 Å². The number of hydrogen-bond acceptors (Lipinski definition) is 4. The van der Waals surface area contributed by atoms with E-state index in [-0.39, 0.29) is 6.01 Å². The van der Waals surface area contributed by atoms with Gasteiger partial charge in [0.15, 0.2) is 0 Å². The number of hydrogen-bond donors (Lipinski definition) is 0. The Kier molecular flexibility index (Phi) is 3.91. The molecule has 0 bridgehead atoms. The van der Waals surface area contributed by atoms with Gasteiger partial charge in [0, 0.05) is 0 Å². The average molecular weight is 236 g/mol. The number of rotatable bonds is 2. The molecule has 0 spiro atoms. The highest BCUT2D eigenvalue weighted by Crippen LogP contribution is 2.15. The van der Waals surface area contributed by atoms with Crippen LogP contribution in [0.5, 0.6) is 11.9 Å². The SMILES string of the molecule is COc1ncc(C#C[Si](C)(C)C)c(OC)n1. The summed E-state index contributed by atoms with van der Waals surface area (Å²) in [7, 11) is 1.67. The molecule has 1 rings (SSSR count). The third kappa shape index (κ3) is 3.55. The maximum Gasteiger partial charge on any atom is 0.319 e. The molecule has 4 nitrogen and oxygen atoms in total. The van der Waals surface area contributed by atoms with E-state index in [0.29, 0.717) is 11.4 Å². The van der Waals surface area contributed by atoms with E-state index < -0.39 is 8.07 Å². The summed E-state index contributed by atoms with van der Waals surface area (Å²) in [5, 5.41) is 0. The Bertz CT molecular complexity index is 430. The number of nitrogens with zero attached hydrogens (tertiary/aromatic N) is 2. The van der Waals surface area contributed by atoms with E-state index in [1.165, 1.54) is 7.11 Å². The molecule has 0 radical (unpaired) electrons. The zero-order valence-electron chi connectivity index (χ0n) is 10.3. The van der Waals surface area contributed by atoms with E-state index in [1.807, 2.05) is 0 Å². The zero-order chi connectivity index (χ0) is 12.2. The fourth-order valence-electron chi connectivity index (χ4n) is 0.945. The van der Waals surface area contributed by atoms with Crippen LogP contribution in [-0.2, 0) is 0 Å². The Labute approximate surface area is 97.0 Å². The smallest absolute Gasteiger partial charge is 0.319 e. The Morgan fingerprint density at radius 1 is 1.19 bits per heavy atom. The van der Waals surface area contributed by atoms with E-state index in [2.05, 4.69) is 41.1 Å². The third-order valence-corrected chi connectivity index (χ3v) is 2.55. The first-order chi connectivity index (χ1) is 7.46. The van der Waals surface area contributed by atoms with E-state index in [0.717, 1.165) is 0 Å². The first-order valence-corrected chi connectivity index (χ1v) is 8.44. The van der Waals surface area contributed by atoms with Crippen LogP contribution in [0.3, 0.4) is 0 Å². The summed E-state index contributed by atoms with van der Waals surface area (Å²) in [4.78, 5) is 8.07. The molecule has 0 aliphatic heterocycles. The van der Waals surface area contributed by atoms with Crippen molar-refractivity contribution in [3.8, 4) is 23.4 Å². The Hall–Kier alpha value is -1.54. The summed E-state index contributed by atoms with van der Waals surface area (Å²) in [5.41, 5.74) is 3.94. The first kappa shape index (κ1) is 12.5. The van der Waals surface area contributed by atoms with Crippen LogP contribution in [0, 0.1) is 11.5 Å². The maximum absolute atomic E-state index is 5.13. The van der Waals surface area contributed by atoms with Crippen LogP contribution < -0.4 is 9.47 Å². The molecule has 0 saturated carbocycles. The molecule has 0 atom stereocenters. The third-order valence-electron chi connectivity index (χ3n) is 1.68. The summed E-state index contributed by atoms with van der Waals surface area (Å²) < 4.78 is 10.1. The molecule has 1 aromatic rings. The molecular weight excluding hydrogens is 220 g/mol. The van der Waals surface area contributed by atoms with Gasteiger partial charge in [0.05, 0.1) is 20.4 Å².